The minimum absolute atomic E-state index is 0.573. The van der Waals surface area contributed by atoms with Crippen LogP contribution in [0.4, 0.5) is 0 Å². The fourth-order valence-electron chi connectivity index (χ4n) is 2.25. The second-order valence-corrected chi connectivity index (χ2v) is 5.80. The topological polar surface area (TPSA) is 49.8 Å². The summed E-state index contributed by atoms with van der Waals surface area (Å²) in [5, 5.41) is 9.20. The number of benzene rings is 1. The molecule has 0 saturated heterocycles. The van der Waals surface area contributed by atoms with Crippen LogP contribution in [0.25, 0.3) is 16.9 Å². The highest BCUT2D eigenvalue weighted by atomic mass is 35.5. The van der Waals surface area contributed by atoms with Crippen LogP contribution in [0.1, 0.15) is 37.1 Å². The largest absolute Gasteiger partial charge is 0.436 e. The molecule has 0 aliphatic heterocycles. The summed E-state index contributed by atoms with van der Waals surface area (Å²) >= 11 is 11.5. The third kappa shape index (κ3) is 4.86. The van der Waals surface area contributed by atoms with Crippen LogP contribution in [0.5, 0.6) is 0 Å². The van der Waals surface area contributed by atoms with Crippen LogP contribution in [-0.4, -0.2) is 16.7 Å². The van der Waals surface area contributed by atoms with Crippen molar-refractivity contribution in [1.82, 2.24) is 4.98 Å². The average Bonchev–Trinajstić information content (AvgIpc) is 3.07. The van der Waals surface area contributed by atoms with E-state index in [0.29, 0.717) is 29.0 Å². The lowest BCUT2D eigenvalue weighted by Crippen LogP contribution is -1.87. The third-order valence-corrected chi connectivity index (χ3v) is 3.94. The summed E-state index contributed by atoms with van der Waals surface area (Å²) in [5.41, 5.74) is 2.37. The van der Waals surface area contributed by atoms with Gasteiger partial charge in [-0.1, -0.05) is 18.2 Å². The lowest BCUT2D eigenvalue weighted by molar-refractivity contribution is 0.551. The van der Waals surface area contributed by atoms with Gasteiger partial charge in [-0.05, 0) is 37.8 Å². The molecule has 2 rings (SSSR count). The molecule has 0 radical (unpaired) electrons. The van der Waals surface area contributed by atoms with Crippen LogP contribution in [0.2, 0.25) is 0 Å². The number of allylic oxidation sites excluding steroid dienone is 2. The number of nitriles is 1. The van der Waals surface area contributed by atoms with E-state index in [1.807, 2.05) is 18.2 Å². The predicted molar refractivity (Wildman–Crippen MR) is 94.5 cm³/mol. The Labute approximate surface area is 146 Å². The Morgan fingerprint density at radius 3 is 2.74 bits per heavy atom. The van der Waals surface area contributed by atoms with Crippen LogP contribution in [-0.2, 0) is 0 Å². The average molecular weight is 349 g/mol. The van der Waals surface area contributed by atoms with E-state index in [2.05, 4.69) is 17.1 Å². The van der Waals surface area contributed by atoms with Crippen LogP contribution in [0.15, 0.2) is 41.0 Å². The molecule has 0 saturated carbocycles. The van der Waals surface area contributed by atoms with Gasteiger partial charge in [0.25, 0.3) is 0 Å². The SMILES string of the molecule is N#Cc1ccccc1-c1cnc(/C(=C/CCCCl)CCCCl)o1. The lowest BCUT2D eigenvalue weighted by Gasteiger charge is -2.03. The zero-order valence-corrected chi connectivity index (χ0v) is 14.3. The molecule has 0 aliphatic carbocycles. The third-order valence-electron chi connectivity index (χ3n) is 3.40. The fraction of sp³-hybridized carbons (Fsp3) is 0.333. The molecule has 0 atom stereocenters. The standard InChI is InChI=1S/C18H18Cl2N2O/c19-10-4-3-6-14(8-5-11-20)18-22-13-17(23-18)16-9-2-1-7-15(16)12-21/h1-2,6-7,9,13H,3-5,8,10-11H2/b14-6+. The Morgan fingerprint density at radius 1 is 1.22 bits per heavy atom. The van der Waals surface area contributed by atoms with Crippen molar-refractivity contribution in [2.24, 2.45) is 0 Å². The Hall–Kier alpha value is -1.76. The highest BCUT2D eigenvalue weighted by Gasteiger charge is 2.13. The zero-order chi connectivity index (χ0) is 16.5. The molecule has 0 amide bonds. The first-order valence-electron chi connectivity index (χ1n) is 7.56. The van der Waals surface area contributed by atoms with Gasteiger partial charge >= 0.3 is 0 Å². The molecule has 1 heterocycles. The smallest absolute Gasteiger partial charge is 0.222 e. The van der Waals surface area contributed by atoms with Crippen molar-refractivity contribution in [3.63, 3.8) is 0 Å². The number of hydrogen-bond donors (Lipinski definition) is 0. The number of alkyl halides is 2. The molecule has 1 aromatic heterocycles. The zero-order valence-electron chi connectivity index (χ0n) is 12.8. The van der Waals surface area contributed by atoms with E-state index in [4.69, 9.17) is 27.6 Å². The minimum atomic E-state index is 0.573. The number of aromatic nitrogens is 1. The summed E-state index contributed by atoms with van der Waals surface area (Å²) in [5.74, 6) is 2.42. The number of nitrogens with zero attached hydrogens (tertiary/aromatic N) is 2. The predicted octanol–water partition coefficient (Wildman–Crippen LogP) is 5.63. The number of unbranched alkanes of at least 4 members (excludes halogenated alkanes) is 1. The van der Waals surface area contributed by atoms with Crippen molar-refractivity contribution >= 4 is 28.8 Å². The molecule has 3 nitrogen and oxygen atoms in total. The van der Waals surface area contributed by atoms with Crippen molar-refractivity contribution in [2.45, 2.75) is 25.7 Å². The second kappa shape index (κ2) is 9.39. The van der Waals surface area contributed by atoms with Crippen LogP contribution < -0.4 is 0 Å². The Kier molecular flexibility index (Phi) is 7.19. The van der Waals surface area contributed by atoms with Gasteiger partial charge in [0, 0.05) is 22.9 Å². The summed E-state index contributed by atoms with van der Waals surface area (Å²) in [6.07, 6.45) is 7.25. The van der Waals surface area contributed by atoms with Gasteiger partial charge in [-0.25, -0.2) is 4.98 Å². The molecule has 0 unspecified atom stereocenters. The molecule has 0 aliphatic rings. The molecular weight excluding hydrogens is 331 g/mol. The summed E-state index contributed by atoms with van der Waals surface area (Å²) in [6, 6.07) is 9.51. The molecule has 23 heavy (non-hydrogen) atoms. The summed E-state index contributed by atoms with van der Waals surface area (Å²) in [4.78, 5) is 4.38. The normalized spacial score (nSPS) is 11.4. The Balaban J connectivity index is 2.27. The maximum Gasteiger partial charge on any atom is 0.222 e. The van der Waals surface area contributed by atoms with Crippen molar-refractivity contribution in [3.05, 3.63) is 48.0 Å². The van der Waals surface area contributed by atoms with Crippen LogP contribution in [0, 0.1) is 11.3 Å². The van der Waals surface area contributed by atoms with Gasteiger partial charge in [-0.2, -0.15) is 5.26 Å². The molecule has 0 fully saturated rings. The number of oxazole rings is 1. The monoisotopic (exact) mass is 348 g/mol. The first-order chi connectivity index (χ1) is 11.3. The van der Waals surface area contributed by atoms with E-state index in [9.17, 15) is 5.26 Å². The van der Waals surface area contributed by atoms with E-state index < -0.39 is 0 Å². The van der Waals surface area contributed by atoms with Gasteiger partial charge in [-0.15, -0.1) is 23.2 Å². The number of hydrogen-bond acceptors (Lipinski definition) is 3. The minimum Gasteiger partial charge on any atom is -0.436 e. The van der Waals surface area contributed by atoms with Gasteiger partial charge in [0.2, 0.25) is 5.89 Å². The van der Waals surface area contributed by atoms with E-state index in [0.717, 1.165) is 36.8 Å². The Bertz CT molecular complexity index is 701. The summed E-state index contributed by atoms with van der Waals surface area (Å²) < 4.78 is 5.90. The highest BCUT2D eigenvalue weighted by Crippen LogP contribution is 2.28. The number of rotatable bonds is 8. The fourth-order valence-corrected chi connectivity index (χ4v) is 2.54. The second-order valence-electron chi connectivity index (χ2n) is 5.04. The maximum atomic E-state index is 9.20. The van der Waals surface area contributed by atoms with Crippen molar-refractivity contribution < 1.29 is 4.42 Å². The van der Waals surface area contributed by atoms with Crippen molar-refractivity contribution in [1.29, 1.82) is 5.26 Å². The van der Waals surface area contributed by atoms with E-state index in [1.54, 1.807) is 12.3 Å². The molecule has 120 valence electrons. The van der Waals surface area contributed by atoms with Crippen molar-refractivity contribution in [3.8, 4) is 17.4 Å². The van der Waals surface area contributed by atoms with E-state index >= 15 is 0 Å². The molecule has 0 spiro atoms. The first kappa shape index (κ1) is 17.6. The van der Waals surface area contributed by atoms with E-state index in [-0.39, 0.29) is 0 Å². The quantitative estimate of drug-likeness (QED) is 0.458. The lowest BCUT2D eigenvalue weighted by atomic mass is 10.1. The van der Waals surface area contributed by atoms with Gasteiger partial charge in [-0.3, -0.25) is 0 Å². The van der Waals surface area contributed by atoms with Gasteiger partial charge in [0.15, 0.2) is 5.76 Å². The molecular formula is C18H18Cl2N2O. The summed E-state index contributed by atoms with van der Waals surface area (Å²) in [7, 11) is 0. The molecule has 2 aromatic rings. The van der Waals surface area contributed by atoms with Crippen LogP contribution in [0.3, 0.4) is 0 Å². The Morgan fingerprint density at radius 2 is 2.00 bits per heavy atom. The first-order valence-corrected chi connectivity index (χ1v) is 8.63. The maximum absolute atomic E-state index is 9.20. The van der Waals surface area contributed by atoms with E-state index in [1.165, 1.54) is 0 Å². The molecule has 5 heteroatoms. The van der Waals surface area contributed by atoms with Gasteiger partial charge < -0.3 is 4.42 Å². The molecule has 0 bridgehead atoms. The molecule has 0 N–H and O–H groups in total. The number of halogens is 2. The van der Waals surface area contributed by atoms with Gasteiger partial charge in [0.1, 0.15) is 0 Å². The van der Waals surface area contributed by atoms with Crippen molar-refractivity contribution in [2.75, 3.05) is 11.8 Å². The molecule has 1 aromatic carbocycles. The summed E-state index contributed by atoms with van der Waals surface area (Å²) in [6.45, 7) is 0. The van der Waals surface area contributed by atoms with Crippen LogP contribution >= 0.6 is 23.2 Å². The van der Waals surface area contributed by atoms with Gasteiger partial charge in [0.05, 0.1) is 17.8 Å². The highest BCUT2D eigenvalue weighted by molar-refractivity contribution is 6.18.